The van der Waals surface area contributed by atoms with Crippen LogP contribution in [0.3, 0.4) is 0 Å². The van der Waals surface area contributed by atoms with Crippen LogP contribution in [0, 0.1) is 0 Å². The molecule has 0 saturated carbocycles. The second kappa shape index (κ2) is 4.97. The molecule has 0 atom stereocenters. The molecule has 0 radical (unpaired) electrons. The molecule has 0 N–H and O–H groups in total. The SMILES string of the molecule is CCC/C=C/[Si](C)(C)CCl. The van der Waals surface area contributed by atoms with Crippen LogP contribution >= 0.6 is 11.6 Å². The lowest BCUT2D eigenvalue weighted by molar-refractivity contribution is 0.959. The van der Waals surface area contributed by atoms with E-state index in [2.05, 4.69) is 31.8 Å². The third kappa shape index (κ3) is 5.07. The molecule has 0 heterocycles. The zero-order chi connectivity index (χ0) is 8.04. The molecule has 10 heavy (non-hydrogen) atoms. The van der Waals surface area contributed by atoms with Crippen molar-refractivity contribution in [2.24, 2.45) is 0 Å². The topological polar surface area (TPSA) is 0 Å². The van der Waals surface area contributed by atoms with E-state index in [1.54, 1.807) is 0 Å². The quantitative estimate of drug-likeness (QED) is 0.455. The van der Waals surface area contributed by atoms with Gasteiger partial charge in [0.15, 0.2) is 0 Å². The lowest BCUT2D eigenvalue weighted by Gasteiger charge is -2.11. The summed E-state index contributed by atoms with van der Waals surface area (Å²) in [5.41, 5.74) is 3.18. The first-order valence-corrected chi connectivity index (χ1v) is 7.68. The molecule has 2 heteroatoms. The van der Waals surface area contributed by atoms with Gasteiger partial charge in [-0.1, -0.05) is 38.2 Å². The van der Waals surface area contributed by atoms with Gasteiger partial charge in [-0.2, -0.15) is 0 Å². The number of unbranched alkanes of at least 4 members (excludes halogenated alkanes) is 1. The summed E-state index contributed by atoms with van der Waals surface area (Å²) in [5.74, 6) is 0. The molecular formula is C8H17ClSi. The molecule has 0 aliphatic rings. The summed E-state index contributed by atoms with van der Waals surface area (Å²) in [7, 11) is -1.13. The molecule has 0 nitrogen and oxygen atoms in total. The van der Waals surface area contributed by atoms with Crippen LogP contribution in [-0.2, 0) is 0 Å². The molecule has 0 rings (SSSR count). The second-order valence-electron chi connectivity index (χ2n) is 3.31. The van der Waals surface area contributed by atoms with Crippen LogP contribution in [0.1, 0.15) is 19.8 Å². The molecule has 0 saturated heterocycles. The average Bonchev–Trinajstić information content (AvgIpc) is 1.89. The highest BCUT2D eigenvalue weighted by Crippen LogP contribution is 2.06. The van der Waals surface area contributed by atoms with E-state index in [0.717, 1.165) is 5.50 Å². The van der Waals surface area contributed by atoms with E-state index in [-0.39, 0.29) is 0 Å². The smallest absolute Gasteiger partial charge is 0.0867 e. The second-order valence-corrected chi connectivity index (χ2v) is 8.69. The predicted octanol–water partition coefficient (Wildman–Crippen LogP) is 3.37. The van der Waals surface area contributed by atoms with Gasteiger partial charge in [-0.05, 0) is 6.42 Å². The fraction of sp³-hybridized carbons (Fsp3) is 0.750. The third-order valence-electron chi connectivity index (χ3n) is 1.37. The zero-order valence-electron chi connectivity index (χ0n) is 7.15. The van der Waals surface area contributed by atoms with Crippen molar-refractivity contribution in [3.05, 3.63) is 11.8 Å². The van der Waals surface area contributed by atoms with Crippen molar-refractivity contribution in [3.8, 4) is 0 Å². The third-order valence-corrected chi connectivity index (χ3v) is 5.26. The van der Waals surface area contributed by atoms with Gasteiger partial charge in [-0.3, -0.25) is 0 Å². The van der Waals surface area contributed by atoms with Crippen molar-refractivity contribution < 1.29 is 0 Å². The first-order valence-electron chi connectivity index (χ1n) is 3.86. The van der Waals surface area contributed by atoms with Crippen molar-refractivity contribution >= 4 is 19.7 Å². The Balaban J connectivity index is 3.63. The Morgan fingerprint density at radius 1 is 1.40 bits per heavy atom. The van der Waals surface area contributed by atoms with E-state index >= 15 is 0 Å². The molecule has 0 aromatic carbocycles. The van der Waals surface area contributed by atoms with Gasteiger partial charge in [0.25, 0.3) is 0 Å². The van der Waals surface area contributed by atoms with Crippen LogP contribution in [0.4, 0.5) is 0 Å². The number of alkyl halides is 1. The highest BCUT2D eigenvalue weighted by molar-refractivity contribution is 6.87. The lowest BCUT2D eigenvalue weighted by atomic mass is 10.3. The van der Waals surface area contributed by atoms with E-state index in [1.165, 1.54) is 12.8 Å². The van der Waals surface area contributed by atoms with Gasteiger partial charge in [-0.25, -0.2) is 0 Å². The minimum atomic E-state index is -1.13. The van der Waals surface area contributed by atoms with Crippen LogP contribution in [0.2, 0.25) is 13.1 Å². The minimum Gasteiger partial charge on any atom is -0.130 e. The van der Waals surface area contributed by atoms with Crippen LogP contribution in [0.15, 0.2) is 11.8 Å². The number of hydrogen-bond acceptors (Lipinski definition) is 0. The molecule has 0 aromatic rings. The fourth-order valence-electron chi connectivity index (χ4n) is 0.614. The number of allylic oxidation sites excluding steroid dienone is 1. The van der Waals surface area contributed by atoms with Gasteiger partial charge in [0.05, 0.1) is 8.07 Å². The highest BCUT2D eigenvalue weighted by atomic mass is 35.5. The Labute approximate surface area is 70.3 Å². The van der Waals surface area contributed by atoms with E-state index in [0.29, 0.717) is 0 Å². The molecule has 60 valence electrons. The molecule has 0 amide bonds. The maximum Gasteiger partial charge on any atom is 0.0867 e. The van der Waals surface area contributed by atoms with Crippen LogP contribution in [-0.4, -0.2) is 13.6 Å². The molecule has 0 aromatic heterocycles. The average molecular weight is 177 g/mol. The summed E-state index contributed by atoms with van der Waals surface area (Å²) in [5, 5.41) is 0. The summed E-state index contributed by atoms with van der Waals surface area (Å²) < 4.78 is 0. The largest absolute Gasteiger partial charge is 0.130 e. The molecule has 0 spiro atoms. The van der Waals surface area contributed by atoms with Crippen LogP contribution < -0.4 is 0 Å². The van der Waals surface area contributed by atoms with Gasteiger partial charge in [0.1, 0.15) is 0 Å². The van der Waals surface area contributed by atoms with E-state index in [1.807, 2.05) is 0 Å². The lowest BCUT2D eigenvalue weighted by Crippen LogP contribution is -2.25. The summed E-state index contributed by atoms with van der Waals surface area (Å²) in [6, 6.07) is 0. The summed E-state index contributed by atoms with van der Waals surface area (Å²) >= 11 is 5.78. The Hall–Kier alpha value is 0.247. The maximum absolute atomic E-state index is 5.78. The first-order chi connectivity index (χ1) is 4.62. The number of hydrogen-bond donors (Lipinski definition) is 0. The van der Waals surface area contributed by atoms with Gasteiger partial charge in [0, 0.05) is 5.50 Å². The van der Waals surface area contributed by atoms with Crippen LogP contribution in [0.25, 0.3) is 0 Å². The van der Waals surface area contributed by atoms with Crippen molar-refractivity contribution in [2.45, 2.75) is 32.9 Å². The number of rotatable bonds is 4. The molecule has 0 fully saturated rings. The summed E-state index contributed by atoms with van der Waals surface area (Å²) in [6.07, 6.45) is 4.71. The van der Waals surface area contributed by atoms with E-state index in [4.69, 9.17) is 11.6 Å². The maximum atomic E-state index is 5.78. The minimum absolute atomic E-state index is 0.840. The Morgan fingerprint density at radius 2 is 2.00 bits per heavy atom. The van der Waals surface area contributed by atoms with Crippen molar-refractivity contribution in [1.29, 1.82) is 0 Å². The summed E-state index contributed by atoms with van der Waals surface area (Å²) in [4.78, 5) is 0. The highest BCUT2D eigenvalue weighted by Gasteiger charge is 2.13. The molecule has 0 aliphatic carbocycles. The number of halogens is 1. The standard InChI is InChI=1S/C8H17ClSi/c1-4-5-6-7-10(2,3)8-9/h6-7H,4-5,8H2,1-3H3/b7-6+. The molecule has 0 unspecified atom stereocenters. The van der Waals surface area contributed by atoms with E-state index < -0.39 is 8.07 Å². The first kappa shape index (κ1) is 10.2. The van der Waals surface area contributed by atoms with Gasteiger partial charge in [-0.15, -0.1) is 11.6 Å². The van der Waals surface area contributed by atoms with Gasteiger partial charge < -0.3 is 0 Å². The predicted molar refractivity (Wildman–Crippen MR) is 52.3 cm³/mol. The molecule has 0 aliphatic heterocycles. The molecule has 0 bridgehead atoms. The van der Waals surface area contributed by atoms with Gasteiger partial charge >= 0.3 is 0 Å². The fourth-order valence-corrected chi connectivity index (χ4v) is 1.77. The van der Waals surface area contributed by atoms with E-state index in [9.17, 15) is 0 Å². The van der Waals surface area contributed by atoms with Crippen molar-refractivity contribution in [2.75, 3.05) is 5.50 Å². The van der Waals surface area contributed by atoms with Crippen LogP contribution in [0.5, 0.6) is 0 Å². The zero-order valence-corrected chi connectivity index (χ0v) is 8.91. The van der Waals surface area contributed by atoms with Crippen molar-refractivity contribution in [3.63, 3.8) is 0 Å². The Kier molecular flexibility index (Phi) is 5.09. The van der Waals surface area contributed by atoms with Gasteiger partial charge in [0.2, 0.25) is 0 Å². The molecular weight excluding hydrogens is 160 g/mol. The Bertz CT molecular complexity index is 108. The Morgan fingerprint density at radius 3 is 2.40 bits per heavy atom. The normalized spacial score (nSPS) is 12.8. The van der Waals surface area contributed by atoms with Crippen molar-refractivity contribution in [1.82, 2.24) is 0 Å². The monoisotopic (exact) mass is 176 g/mol. The summed E-state index contributed by atoms with van der Waals surface area (Å²) in [6.45, 7) is 6.76.